The Morgan fingerprint density at radius 3 is 2.39 bits per heavy atom. The van der Waals surface area contributed by atoms with Crippen LogP contribution in [0, 0.1) is 12.7 Å². The van der Waals surface area contributed by atoms with Gasteiger partial charge in [0.25, 0.3) is 11.7 Å². The van der Waals surface area contributed by atoms with Crippen LogP contribution in [0.4, 0.5) is 10.1 Å². The van der Waals surface area contributed by atoms with Crippen LogP contribution in [0.3, 0.4) is 0 Å². The average molecular weight is 486 g/mol. The van der Waals surface area contributed by atoms with Crippen molar-refractivity contribution < 1.29 is 23.8 Å². The van der Waals surface area contributed by atoms with E-state index in [9.17, 15) is 19.1 Å². The van der Waals surface area contributed by atoms with Crippen molar-refractivity contribution in [3.05, 3.63) is 98.8 Å². The van der Waals surface area contributed by atoms with E-state index in [1.165, 1.54) is 42.3 Å². The van der Waals surface area contributed by atoms with Gasteiger partial charge in [-0.05, 0) is 60.5 Å². The van der Waals surface area contributed by atoms with E-state index in [-0.39, 0.29) is 21.9 Å². The number of aliphatic hydroxyl groups excluding tert-OH is 1. The Balaban J connectivity index is 2.01. The highest BCUT2D eigenvalue weighted by molar-refractivity contribution is 6.52. The van der Waals surface area contributed by atoms with Crippen molar-refractivity contribution in [1.29, 1.82) is 0 Å². The molecule has 4 rings (SSSR count). The molecule has 1 saturated heterocycles. The number of carbonyl (C=O) groups is 2. The zero-order valence-corrected chi connectivity index (χ0v) is 19.1. The maximum Gasteiger partial charge on any atom is 0.300 e. The van der Waals surface area contributed by atoms with Gasteiger partial charge in [-0.15, -0.1) is 0 Å². The number of hydrogen-bond donors (Lipinski definition) is 1. The molecule has 0 bridgehead atoms. The molecule has 1 aliphatic rings. The zero-order chi connectivity index (χ0) is 23.9. The first kappa shape index (κ1) is 22.8. The molecule has 1 heterocycles. The fourth-order valence-corrected chi connectivity index (χ4v) is 4.48. The molecule has 1 amide bonds. The largest absolute Gasteiger partial charge is 0.507 e. The second kappa shape index (κ2) is 8.89. The van der Waals surface area contributed by atoms with Crippen LogP contribution in [0.25, 0.3) is 5.76 Å². The highest BCUT2D eigenvalue weighted by atomic mass is 35.5. The summed E-state index contributed by atoms with van der Waals surface area (Å²) in [5.41, 5.74) is 1.48. The molecule has 8 heteroatoms. The average Bonchev–Trinajstić information content (AvgIpc) is 3.04. The van der Waals surface area contributed by atoms with Gasteiger partial charge >= 0.3 is 0 Å². The topological polar surface area (TPSA) is 66.8 Å². The number of anilines is 1. The molecule has 168 valence electrons. The van der Waals surface area contributed by atoms with Crippen LogP contribution in [-0.4, -0.2) is 23.9 Å². The Kier molecular flexibility index (Phi) is 6.15. The summed E-state index contributed by atoms with van der Waals surface area (Å²) in [4.78, 5) is 27.6. The van der Waals surface area contributed by atoms with Crippen LogP contribution in [-0.2, 0) is 9.59 Å². The first-order chi connectivity index (χ1) is 15.7. The third kappa shape index (κ3) is 4.08. The molecule has 0 aliphatic carbocycles. The van der Waals surface area contributed by atoms with Crippen molar-refractivity contribution in [1.82, 2.24) is 0 Å². The van der Waals surface area contributed by atoms with E-state index in [0.717, 1.165) is 0 Å². The summed E-state index contributed by atoms with van der Waals surface area (Å²) >= 11 is 12.4. The van der Waals surface area contributed by atoms with Crippen molar-refractivity contribution in [2.24, 2.45) is 0 Å². The highest BCUT2D eigenvalue weighted by Crippen LogP contribution is 2.44. The van der Waals surface area contributed by atoms with Gasteiger partial charge in [-0.1, -0.05) is 41.4 Å². The first-order valence-electron chi connectivity index (χ1n) is 9.89. The van der Waals surface area contributed by atoms with Crippen LogP contribution in [0.5, 0.6) is 5.75 Å². The standard InChI is InChI=1S/C25H18Cl2FNO4/c1-13-10-18(24(33-2)19(27)11-13)22(30)20-21(14-6-8-16(28)9-7-14)29(25(32)23(20)31)17-5-3-4-15(26)12-17/h3-12,21,30H,1-2H3/b22-20+. The fraction of sp³-hybridized carbons (Fsp3) is 0.120. The van der Waals surface area contributed by atoms with E-state index in [0.29, 0.717) is 21.8 Å². The van der Waals surface area contributed by atoms with Crippen LogP contribution >= 0.6 is 23.2 Å². The van der Waals surface area contributed by atoms with Gasteiger partial charge in [0.15, 0.2) is 0 Å². The van der Waals surface area contributed by atoms with Crippen LogP contribution < -0.4 is 9.64 Å². The number of rotatable bonds is 4. The lowest BCUT2D eigenvalue weighted by atomic mass is 9.94. The Morgan fingerprint density at radius 2 is 1.76 bits per heavy atom. The van der Waals surface area contributed by atoms with Gasteiger partial charge in [0, 0.05) is 10.7 Å². The summed E-state index contributed by atoms with van der Waals surface area (Å²) in [6, 6.07) is 14.0. The second-order valence-electron chi connectivity index (χ2n) is 7.53. The normalized spacial score (nSPS) is 17.5. The van der Waals surface area contributed by atoms with Crippen molar-refractivity contribution in [3.8, 4) is 5.75 Å². The van der Waals surface area contributed by atoms with Crippen LogP contribution in [0.15, 0.2) is 66.2 Å². The number of ketones is 1. The molecular weight excluding hydrogens is 468 g/mol. The second-order valence-corrected chi connectivity index (χ2v) is 8.37. The molecule has 0 radical (unpaired) electrons. The number of hydrogen-bond acceptors (Lipinski definition) is 4. The predicted octanol–water partition coefficient (Wildman–Crippen LogP) is 6.08. The molecular formula is C25H18Cl2FNO4. The van der Waals surface area contributed by atoms with Gasteiger partial charge in [0.2, 0.25) is 0 Å². The quantitative estimate of drug-likeness (QED) is 0.276. The van der Waals surface area contributed by atoms with Gasteiger partial charge < -0.3 is 9.84 Å². The number of aryl methyl sites for hydroxylation is 1. The summed E-state index contributed by atoms with van der Waals surface area (Å²) in [5.74, 6) is -2.53. The number of aliphatic hydroxyl groups is 1. The van der Waals surface area contributed by atoms with Crippen LogP contribution in [0.1, 0.15) is 22.7 Å². The molecule has 3 aromatic rings. The lowest BCUT2D eigenvalue weighted by molar-refractivity contribution is -0.132. The molecule has 0 saturated carbocycles. The van der Waals surface area contributed by atoms with Gasteiger partial charge in [0.1, 0.15) is 17.3 Å². The Hall–Kier alpha value is -3.35. The van der Waals surface area contributed by atoms with Crippen molar-refractivity contribution >= 4 is 46.3 Å². The van der Waals surface area contributed by atoms with E-state index in [1.54, 1.807) is 37.3 Å². The molecule has 0 spiro atoms. The Morgan fingerprint density at radius 1 is 1.06 bits per heavy atom. The minimum Gasteiger partial charge on any atom is -0.507 e. The highest BCUT2D eigenvalue weighted by Gasteiger charge is 2.47. The van der Waals surface area contributed by atoms with Gasteiger partial charge in [0.05, 0.1) is 29.3 Å². The van der Waals surface area contributed by atoms with Gasteiger partial charge in [-0.3, -0.25) is 14.5 Å². The molecule has 33 heavy (non-hydrogen) atoms. The number of ether oxygens (including phenoxy) is 1. The molecule has 1 N–H and O–H groups in total. The number of halogens is 3. The number of nitrogens with zero attached hydrogens (tertiary/aromatic N) is 1. The molecule has 5 nitrogen and oxygen atoms in total. The lowest BCUT2D eigenvalue weighted by Gasteiger charge is -2.25. The predicted molar refractivity (Wildman–Crippen MR) is 125 cm³/mol. The number of methoxy groups -OCH3 is 1. The summed E-state index contributed by atoms with van der Waals surface area (Å²) in [5, 5.41) is 11.9. The fourth-order valence-electron chi connectivity index (χ4n) is 3.94. The smallest absolute Gasteiger partial charge is 0.300 e. The van der Waals surface area contributed by atoms with Crippen LogP contribution in [0.2, 0.25) is 10.0 Å². The minimum absolute atomic E-state index is 0.159. The maximum absolute atomic E-state index is 13.7. The third-order valence-corrected chi connectivity index (χ3v) is 5.88. The van der Waals surface area contributed by atoms with E-state index in [1.807, 2.05) is 0 Å². The first-order valence-corrected chi connectivity index (χ1v) is 10.6. The zero-order valence-electron chi connectivity index (χ0n) is 17.6. The summed E-state index contributed by atoms with van der Waals surface area (Å²) in [7, 11) is 1.38. The molecule has 0 aromatic heterocycles. The van der Waals surface area contributed by atoms with Gasteiger partial charge in [-0.2, -0.15) is 0 Å². The van der Waals surface area contributed by atoms with Gasteiger partial charge in [-0.25, -0.2) is 4.39 Å². The number of amides is 1. The monoisotopic (exact) mass is 485 g/mol. The van der Waals surface area contributed by atoms with E-state index >= 15 is 0 Å². The molecule has 1 unspecified atom stereocenters. The number of carbonyl (C=O) groups excluding carboxylic acids is 2. The van der Waals surface area contributed by atoms with E-state index in [4.69, 9.17) is 27.9 Å². The van der Waals surface area contributed by atoms with Crippen molar-refractivity contribution in [3.63, 3.8) is 0 Å². The lowest BCUT2D eigenvalue weighted by Crippen LogP contribution is -2.29. The molecule has 1 atom stereocenters. The number of Topliss-reactive ketones (excluding diaryl/α,β-unsaturated/α-hetero) is 1. The van der Waals surface area contributed by atoms with E-state index in [2.05, 4.69) is 0 Å². The molecule has 3 aromatic carbocycles. The number of benzene rings is 3. The Labute approximate surface area is 199 Å². The maximum atomic E-state index is 13.7. The third-order valence-electron chi connectivity index (χ3n) is 5.36. The van der Waals surface area contributed by atoms with Crippen molar-refractivity contribution in [2.75, 3.05) is 12.0 Å². The Bertz CT molecular complexity index is 1300. The van der Waals surface area contributed by atoms with Crippen molar-refractivity contribution in [2.45, 2.75) is 13.0 Å². The summed E-state index contributed by atoms with van der Waals surface area (Å²) in [6.45, 7) is 1.77. The van der Waals surface area contributed by atoms with E-state index < -0.39 is 29.3 Å². The SMILES string of the molecule is COc1c(Cl)cc(C)cc1/C(O)=C1\C(=O)C(=O)N(c2cccc(Cl)c2)C1c1ccc(F)cc1. The summed E-state index contributed by atoms with van der Waals surface area (Å²) < 4.78 is 19.0. The molecule has 1 aliphatic heterocycles. The summed E-state index contributed by atoms with van der Waals surface area (Å²) in [6.07, 6.45) is 0. The molecule has 1 fully saturated rings. The minimum atomic E-state index is -1.03.